The van der Waals surface area contributed by atoms with Crippen molar-refractivity contribution in [3.05, 3.63) is 0 Å². The molecule has 0 unspecified atom stereocenters. The molecule has 0 atom stereocenters. The summed E-state index contributed by atoms with van der Waals surface area (Å²) in [7, 11) is 0. The zero-order chi connectivity index (χ0) is 0. The van der Waals surface area contributed by atoms with Gasteiger partial charge in [0, 0.05) is 74.7 Å². The van der Waals surface area contributed by atoms with Gasteiger partial charge in [-0.15, -0.1) is 0 Å². The fraction of sp³-hybridized carbons (Fsp3) is 0. The maximum absolute atomic E-state index is 0. The summed E-state index contributed by atoms with van der Waals surface area (Å²) in [6.07, 6.45) is 0. The minimum Gasteiger partial charge on any atom is 0 e. The van der Waals surface area contributed by atoms with Crippen molar-refractivity contribution in [2.24, 2.45) is 0 Å². The monoisotopic (exact) mass is 397 g/mol. The van der Waals surface area contributed by atoms with Crippen molar-refractivity contribution >= 4 is 82.7 Å². The van der Waals surface area contributed by atoms with Crippen molar-refractivity contribution in [1.29, 1.82) is 0 Å². The fourth-order valence-corrected chi connectivity index (χ4v) is 0. The zero-order valence-corrected chi connectivity index (χ0v) is 10.3. The Kier molecular flexibility index (Phi) is 579. The second kappa shape index (κ2) is 59.8. The molecule has 0 aliphatic carbocycles. The minimum absolute atomic E-state index is 0. The van der Waals surface area contributed by atoms with Crippen LogP contribution in [0.4, 0.5) is 0 Å². The maximum Gasteiger partial charge on any atom is 0.316 e. The summed E-state index contributed by atoms with van der Waals surface area (Å²) in [4.78, 5) is 0. The molecule has 0 saturated carbocycles. The number of hydrogen-bond donors (Lipinski definition) is 0. The Bertz CT molecular complexity index is 24.0. The molecule has 0 N–H and O–H groups in total. The summed E-state index contributed by atoms with van der Waals surface area (Å²) in [5.41, 5.74) is 0. The normalized spacial score (nSPS) is 0. The van der Waals surface area contributed by atoms with Crippen molar-refractivity contribution in [2.75, 3.05) is 0 Å². The quantitative estimate of drug-likeness (QED) is 0.385. The SMILES string of the molecule is B.S.[CaH2].[Cu].[Fe].[MgH2].[Mo].[Zn]. The standard InChI is InChI=1S/BH3.Ca.Cu.Fe.Mg.Mo.H2S.Zn.4H/h1H3;;;;;;1H2;;;;;. The van der Waals surface area contributed by atoms with Crippen LogP contribution in [0.25, 0.3) is 0 Å². The molecule has 8 heteroatoms. The first-order valence-electron chi connectivity index (χ1n) is 0. The van der Waals surface area contributed by atoms with Gasteiger partial charge in [0.25, 0.3) is 0 Å². The first kappa shape index (κ1) is 77.5. The Labute approximate surface area is 154 Å². The van der Waals surface area contributed by atoms with E-state index in [1.807, 2.05) is 0 Å². The molecular formula is H9BCaCuFeMgMoSZn. The van der Waals surface area contributed by atoms with Crippen LogP contribution in [0, 0.1) is 0 Å². The van der Waals surface area contributed by atoms with Crippen LogP contribution in [-0.2, 0) is 74.7 Å². The molecule has 49 valence electrons. The van der Waals surface area contributed by atoms with Crippen LogP contribution >= 0.6 is 13.5 Å². The van der Waals surface area contributed by atoms with Crippen LogP contribution in [0.1, 0.15) is 0 Å². The van der Waals surface area contributed by atoms with Crippen molar-refractivity contribution in [2.45, 2.75) is 0 Å². The van der Waals surface area contributed by atoms with E-state index in [2.05, 4.69) is 0 Å². The molecule has 0 aliphatic heterocycles. The Morgan fingerprint density at radius 1 is 1.00 bits per heavy atom. The third kappa shape index (κ3) is 45.1. The molecule has 0 aliphatic rings. The van der Waals surface area contributed by atoms with E-state index in [-0.39, 0.29) is 157 Å². The Morgan fingerprint density at radius 2 is 1.00 bits per heavy atom. The van der Waals surface area contributed by atoms with Gasteiger partial charge in [-0.25, -0.2) is 0 Å². The summed E-state index contributed by atoms with van der Waals surface area (Å²) in [5, 5.41) is 0. The van der Waals surface area contributed by atoms with Crippen molar-refractivity contribution in [1.82, 2.24) is 0 Å². The van der Waals surface area contributed by atoms with Gasteiger partial charge in [0.15, 0.2) is 0 Å². The molecule has 0 saturated heterocycles. The topological polar surface area (TPSA) is 0 Å². The predicted molar refractivity (Wildman–Crippen MR) is 37.4 cm³/mol. The fourth-order valence-electron chi connectivity index (χ4n) is 0. The summed E-state index contributed by atoms with van der Waals surface area (Å²) < 4.78 is 0. The summed E-state index contributed by atoms with van der Waals surface area (Å²) in [6.45, 7) is 0. The Morgan fingerprint density at radius 3 is 1.00 bits per heavy atom. The van der Waals surface area contributed by atoms with Crippen LogP contribution in [-0.4, -0.2) is 69.2 Å². The first-order chi connectivity index (χ1) is 0. The van der Waals surface area contributed by atoms with E-state index in [0.717, 1.165) is 0 Å². The smallest absolute Gasteiger partial charge is 0 e. The summed E-state index contributed by atoms with van der Waals surface area (Å²) in [5.74, 6) is 0. The van der Waals surface area contributed by atoms with E-state index in [9.17, 15) is 0 Å². The van der Waals surface area contributed by atoms with Crippen molar-refractivity contribution < 1.29 is 74.7 Å². The molecule has 0 aromatic heterocycles. The van der Waals surface area contributed by atoms with Gasteiger partial charge in [-0.1, -0.05) is 0 Å². The molecule has 0 aromatic rings. The summed E-state index contributed by atoms with van der Waals surface area (Å²) in [6, 6.07) is 0. The molecule has 0 nitrogen and oxygen atoms in total. The van der Waals surface area contributed by atoms with Crippen LogP contribution in [0.2, 0.25) is 0 Å². The van der Waals surface area contributed by atoms with Gasteiger partial charge >= 0.3 is 60.8 Å². The van der Waals surface area contributed by atoms with Crippen LogP contribution in [0.3, 0.4) is 0 Å². The second-order valence-corrected chi connectivity index (χ2v) is 0. The molecule has 0 fully saturated rings. The van der Waals surface area contributed by atoms with E-state index in [1.165, 1.54) is 0 Å². The zero-order valence-electron chi connectivity index (χ0n) is 2.27. The third-order valence-electron chi connectivity index (χ3n) is 0. The molecule has 0 spiro atoms. The maximum atomic E-state index is 0. The number of rotatable bonds is 0. The van der Waals surface area contributed by atoms with Gasteiger partial charge in [-0.05, 0) is 0 Å². The largest absolute Gasteiger partial charge is 0.316 e. The van der Waals surface area contributed by atoms with Gasteiger partial charge in [-0.3, -0.25) is 0 Å². The van der Waals surface area contributed by atoms with E-state index < -0.39 is 0 Å². The van der Waals surface area contributed by atoms with Gasteiger partial charge in [-0.2, -0.15) is 13.5 Å². The van der Waals surface area contributed by atoms with Gasteiger partial charge < -0.3 is 0 Å². The minimum atomic E-state index is 0. The van der Waals surface area contributed by atoms with Crippen LogP contribution in [0.5, 0.6) is 0 Å². The average Bonchev–Trinajstić information content (AvgIpc) is 0. The Hall–Kier alpha value is 4.79. The molecule has 0 heterocycles. The van der Waals surface area contributed by atoms with Crippen LogP contribution < -0.4 is 0 Å². The number of hydrogen-bond acceptors (Lipinski definition) is 0. The first-order valence-corrected chi connectivity index (χ1v) is 0. The van der Waals surface area contributed by atoms with Gasteiger partial charge in [0.1, 0.15) is 0 Å². The molecule has 0 amide bonds. The van der Waals surface area contributed by atoms with E-state index >= 15 is 0 Å². The van der Waals surface area contributed by atoms with E-state index in [0.29, 0.717) is 0 Å². The van der Waals surface area contributed by atoms with Crippen molar-refractivity contribution in [3.63, 3.8) is 0 Å². The Balaban J connectivity index is 0. The third-order valence-corrected chi connectivity index (χ3v) is 0. The van der Waals surface area contributed by atoms with E-state index in [4.69, 9.17) is 0 Å². The van der Waals surface area contributed by atoms with Crippen molar-refractivity contribution in [3.8, 4) is 0 Å². The second-order valence-electron chi connectivity index (χ2n) is 0. The van der Waals surface area contributed by atoms with Gasteiger partial charge in [0.05, 0.1) is 8.41 Å². The van der Waals surface area contributed by atoms with Gasteiger partial charge in [0.2, 0.25) is 0 Å². The average molecular weight is 397 g/mol. The molecule has 0 bridgehead atoms. The molecule has 0 aromatic carbocycles. The predicted octanol–water partition coefficient (Wildman–Crippen LogP) is -2.91. The summed E-state index contributed by atoms with van der Waals surface area (Å²) >= 11 is 0. The molecule has 0 rings (SSSR count). The van der Waals surface area contributed by atoms with Crippen LogP contribution in [0.15, 0.2) is 0 Å². The molecule has 1 radical (unpaired) electrons. The molecular weight excluding hydrogens is 388 g/mol. The van der Waals surface area contributed by atoms with E-state index in [1.54, 1.807) is 0 Å². The molecule has 8 heavy (non-hydrogen) atoms.